The minimum atomic E-state index is -0.0663. The van der Waals surface area contributed by atoms with Crippen LogP contribution in [0.4, 0.5) is 5.69 Å². The predicted octanol–water partition coefficient (Wildman–Crippen LogP) is 1.58. The molecule has 0 aliphatic heterocycles. The van der Waals surface area contributed by atoms with Crippen molar-refractivity contribution in [3.63, 3.8) is 0 Å². The fraction of sp³-hybridized carbons (Fsp3) is 0.467. The maximum Gasteiger partial charge on any atom is 0.223 e. The Morgan fingerprint density at radius 1 is 1.25 bits per heavy atom. The highest BCUT2D eigenvalue weighted by molar-refractivity contribution is 5.92. The summed E-state index contributed by atoms with van der Waals surface area (Å²) >= 11 is 0. The Morgan fingerprint density at radius 3 is 2.55 bits per heavy atom. The number of ether oxygens (including phenoxy) is 1. The van der Waals surface area contributed by atoms with E-state index < -0.39 is 0 Å². The number of amides is 2. The normalized spacial score (nSPS) is 10.1. The molecule has 0 saturated carbocycles. The number of para-hydroxylation sites is 1. The van der Waals surface area contributed by atoms with Crippen molar-refractivity contribution in [2.24, 2.45) is 0 Å². The molecule has 0 bridgehead atoms. The summed E-state index contributed by atoms with van der Waals surface area (Å²) in [5, 5.41) is 2.81. The zero-order chi connectivity index (χ0) is 14.8. The van der Waals surface area contributed by atoms with Gasteiger partial charge in [-0.25, -0.2) is 0 Å². The van der Waals surface area contributed by atoms with Gasteiger partial charge in [0, 0.05) is 45.8 Å². The first-order chi connectivity index (χ1) is 9.65. The molecule has 1 rings (SSSR count). The van der Waals surface area contributed by atoms with Gasteiger partial charge in [-0.15, -0.1) is 0 Å². The standard InChI is InChI=1S/C15H22N2O3/c1-13(18)17(14-7-4-3-5-8-14)11-9-15(19)16-10-6-12-20-2/h3-5,7-8H,6,9-12H2,1-2H3,(H,16,19). The third-order valence-electron chi connectivity index (χ3n) is 2.86. The van der Waals surface area contributed by atoms with Crippen LogP contribution in [-0.4, -0.2) is 38.6 Å². The largest absolute Gasteiger partial charge is 0.385 e. The van der Waals surface area contributed by atoms with Gasteiger partial charge in [0.15, 0.2) is 0 Å². The lowest BCUT2D eigenvalue weighted by Gasteiger charge is -2.20. The molecule has 5 nitrogen and oxygen atoms in total. The van der Waals surface area contributed by atoms with Crippen LogP contribution in [0.1, 0.15) is 19.8 Å². The molecule has 1 aromatic rings. The monoisotopic (exact) mass is 278 g/mol. The minimum Gasteiger partial charge on any atom is -0.385 e. The molecule has 0 spiro atoms. The first-order valence-corrected chi connectivity index (χ1v) is 6.74. The number of nitrogens with one attached hydrogen (secondary N) is 1. The maximum atomic E-state index is 11.7. The maximum absolute atomic E-state index is 11.7. The summed E-state index contributed by atoms with van der Waals surface area (Å²) in [6, 6.07) is 9.35. The summed E-state index contributed by atoms with van der Waals surface area (Å²) in [6.07, 6.45) is 1.08. The molecular weight excluding hydrogens is 256 g/mol. The lowest BCUT2D eigenvalue weighted by atomic mass is 10.2. The summed E-state index contributed by atoms with van der Waals surface area (Å²) in [6.45, 7) is 3.11. The van der Waals surface area contributed by atoms with E-state index >= 15 is 0 Å². The van der Waals surface area contributed by atoms with Gasteiger partial charge in [-0.3, -0.25) is 9.59 Å². The molecular formula is C15H22N2O3. The van der Waals surface area contributed by atoms with Gasteiger partial charge in [-0.2, -0.15) is 0 Å². The summed E-state index contributed by atoms with van der Waals surface area (Å²) < 4.78 is 4.91. The van der Waals surface area contributed by atoms with E-state index in [4.69, 9.17) is 4.74 Å². The minimum absolute atomic E-state index is 0.0525. The topological polar surface area (TPSA) is 58.6 Å². The Balaban J connectivity index is 2.40. The molecule has 0 aliphatic carbocycles. The van der Waals surface area contributed by atoms with E-state index in [1.807, 2.05) is 30.3 Å². The molecule has 2 amide bonds. The molecule has 110 valence electrons. The number of carbonyl (C=O) groups is 2. The van der Waals surface area contributed by atoms with Gasteiger partial charge < -0.3 is 15.0 Å². The van der Waals surface area contributed by atoms with Gasteiger partial charge in [-0.1, -0.05) is 18.2 Å². The van der Waals surface area contributed by atoms with Crippen molar-refractivity contribution in [3.8, 4) is 0 Å². The molecule has 0 saturated heterocycles. The Labute approximate surface area is 119 Å². The van der Waals surface area contributed by atoms with Crippen LogP contribution in [0.3, 0.4) is 0 Å². The van der Waals surface area contributed by atoms with Crippen LogP contribution in [0.15, 0.2) is 30.3 Å². The average molecular weight is 278 g/mol. The van der Waals surface area contributed by atoms with Crippen molar-refractivity contribution < 1.29 is 14.3 Å². The molecule has 1 N–H and O–H groups in total. The zero-order valence-corrected chi connectivity index (χ0v) is 12.1. The van der Waals surface area contributed by atoms with Crippen LogP contribution < -0.4 is 10.2 Å². The van der Waals surface area contributed by atoms with Gasteiger partial charge in [-0.05, 0) is 18.6 Å². The summed E-state index contributed by atoms with van der Waals surface area (Å²) in [5.41, 5.74) is 0.812. The second-order valence-electron chi connectivity index (χ2n) is 4.45. The van der Waals surface area contributed by atoms with Gasteiger partial charge in [0.05, 0.1) is 0 Å². The highest BCUT2D eigenvalue weighted by atomic mass is 16.5. The molecule has 0 aliphatic rings. The third kappa shape index (κ3) is 5.84. The van der Waals surface area contributed by atoms with E-state index in [2.05, 4.69) is 5.32 Å². The molecule has 5 heteroatoms. The van der Waals surface area contributed by atoms with E-state index in [9.17, 15) is 9.59 Å². The molecule has 1 aromatic carbocycles. The fourth-order valence-electron chi connectivity index (χ4n) is 1.82. The molecule has 0 fully saturated rings. The SMILES string of the molecule is COCCCNC(=O)CCN(C(C)=O)c1ccccc1. The second kappa shape index (κ2) is 9.09. The summed E-state index contributed by atoms with van der Waals surface area (Å²) in [4.78, 5) is 24.9. The lowest BCUT2D eigenvalue weighted by Crippen LogP contribution is -2.34. The number of anilines is 1. The number of benzene rings is 1. The Hall–Kier alpha value is -1.88. The van der Waals surface area contributed by atoms with Crippen LogP contribution in [-0.2, 0) is 14.3 Å². The Morgan fingerprint density at radius 2 is 1.95 bits per heavy atom. The van der Waals surface area contributed by atoms with Gasteiger partial charge in [0.1, 0.15) is 0 Å². The Bertz CT molecular complexity index is 420. The van der Waals surface area contributed by atoms with Crippen LogP contribution in [0.25, 0.3) is 0 Å². The van der Waals surface area contributed by atoms with Crippen LogP contribution in [0.2, 0.25) is 0 Å². The number of carbonyl (C=O) groups excluding carboxylic acids is 2. The van der Waals surface area contributed by atoms with Crippen molar-refractivity contribution in [2.45, 2.75) is 19.8 Å². The van der Waals surface area contributed by atoms with E-state index in [0.717, 1.165) is 12.1 Å². The first kappa shape index (κ1) is 16.2. The van der Waals surface area contributed by atoms with Crippen molar-refractivity contribution in [2.75, 3.05) is 31.7 Å². The zero-order valence-electron chi connectivity index (χ0n) is 12.1. The Kier molecular flexibility index (Phi) is 7.35. The highest BCUT2D eigenvalue weighted by Crippen LogP contribution is 2.13. The molecule has 0 aromatic heterocycles. The number of rotatable bonds is 8. The number of hydrogen-bond donors (Lipinski definition) is 1. The van der Waals surface area contributed by atoms with Crippen molar-refractivity contribution in [1.82, 2.24) is 5.32 Å². The van der Waals surface area contributed by atoms with E-state index in [1.165, 1.54) is 6.92 Å². The molecule has 0 radical (unpaired) electrons. The number of methoxy groups -OCH3 is 1. The molecule has 0 heterocycles. The fourth-order valence-corrected chi connectivity index (χ4v) is 1.82. The lowest BCUT2D eigenvalue weighted by molar-refractivity contribution is -0.121. The molecule has 0 atom stereocenters. The smallest absolute Gasteiger partial charge is 0.223 e. The molecule has 20 heavy (non-hydrogen) atoms. The third-order valence-corrected chi connectivity index (χ3v) is 2.86. The second-order valence-corrected chi connectivity index (χ2v) is 4.45. The quantitative estimate of drug-likeness (QED) is 0.735. The van der Waals surface area contributed by atoms with Crippen LogP contribution in [0.5, 0.6) is 0 Å². The average Bonchev–Trinajstić information content (AvgIpc) is 2.44. The number of hydrogen-bond acceptors (Lipinski definition) is 3. The highest BCUT2D eigenvalue weighted by Gasteiger charge is 2.12. The van der Waals surface area contributed by atoms with Crippen molar-refractivity contribution in [3.05, 3.63) is 30.3 Å². The van der Waals surface area contributed by atoms with Gasteiger partial charge >= 0.3 is 0 Å². The first-order valence-electron chi connectivity index (χ1n) is 6.74. The summed E-state index contributed by atoms with van der Waals surface area (Å²) in [7, 11) is 1.63. The van der Waals surface area contributed by atoms with E-state index in [-0.39, 0.29) is 11.8 Å². The van der Waals surface area contributed by atoms with E-state index in [1.54, 1.807) is 12.0 Å². The van der Waals surface area contributed by atoms with Gasteiger partial charge in [0.2, 0.25) is 11.8 Å². The van der Waals surface area contributed by atoms with Crippen molar-refractivity contribution in [1.29, 1.82) is 0 Å². The predicted molar refractivity (Wildman–Crippen MR) is 78.6 cm³/mol. The van der Waals surface area contributed by atoms with E-state index in [0.29, 0.717) is 26.1 Å². The van der Waals surface area contributed by atoms with Gasteiger partial charge in [0.25, 0.3) is 0 Å². The number of nitrogens with zero attached hydrogens (tertiary/aromatic N) is 1. The van der Waals surface area contributed by atoms with Crippen LogP contribution >= 0.6 is 0 Å². The van der Waals surface area contributed by atoms with Crippen molar-refractivity contribution >= 4 is 17.5 Å². The van der Waals surface area contributed by atoms with Crippen LogP contribution in [0, 0.1) is 0 Å². The summed E-state index contributed by atoms with van der Waals surface area (Å²) in [5.74, 6) is -0.119. The molecule has 0 unspecified atom stereocenters.